The Kier molecular flexibility index (Phi) is 4.85. The van der Waals surface area contributed by atoms with Crippen molar-refractivity contribution in [2.24, 2.45) is 0 Å². The third kappa shape index (κ3) is 3.94. The minimum atomic E-state index is -0.872. The van der Waals surface area contributed by atoms with Crippen LogP contribution in [0.5, 0.6) is 0 Å². The van der Waals surface area contributed by atoms with Gasteiger partial charge in [0.2, 0.25) is 0 Å². The lowest BCUT2D eigenvalue weighted by Gasteiger charge is -2.50. The molecule has 0 spiro atoms. The molecule has 126 valence electrons. The lowest BCUT2D eigenvalue weighted by atomic mass is 9.83. The molecule has 0 unspecified atom stereocenters. The molecule has 1 amide bonds. The molecule has 1 N–H and O–H groups in total. The van der Waals surface area contributed by atoms with Crippen LogP contribution in [0.2, 0.25) is 0 Å². The second-order valence-electron chi connectivity index (χ2n) is 7.51. The predicted molar refractivity (Wildman–Crippen MR) is 93.5 cm³/mol. The molecule has 0 radical (unpaired) electrons. The van der Waals surface area contributed by atoms with Crippen LogP contribution in [0.1, 0.15) is 39.7 Å². The van der Waals surface area contributed by atoms with Crippen molar-refractivity contribution in [3.8, 4) is 0 Å². The van der Waals surface area contributed by atoms with Gasteiger partial charge in [-0.2, -0.15) is 0 Å². The Morgan fingerprint density at radius 3 is 2.35 bits per heavy atom. The van der Waals surface area contributed by atoms with E-state index in [2.05, 4.69) is 45.7 Å². The first-order valence-electron chi connectivity index (χ1n) is 8.13. The number of carbonyl (C=O) groups is 1. The van der Waals surface area contributed by atoms with Crippen LogP contribution in [-0.2, 0) is 6.42 Å². The maximum Gasteiger partial charge on any atom is 0.411 e. The lowest BCUT2D eigenvalue weighted by molar-refractivity contribution is 0.0508. The Hall–Kier alpha value is -1.81. The zero-order valence-corrected chi connectivity index (χ0v) is 14.8. The fourth-order valence-electron chi connectivity index (χ4n) is 3.32. The molecule has 1 aromatic carbocycles. The molecule has 0 fully saturated rings. The molecular formula is C19H28N2O2. The van der Waals surface area contributed by atoms with Gasteiger partial charge < -0.3 is 5.11 Å². The number of rotatable bonds is 4. The number of likely N-dealkylation sites (N-methyl/N-ethyl adjacent to an activating group) is 1. The third-order valence-corrected chi connectivity index (χ3v) is 4.95. The van der Waals surface area contributed by atoms with Gasteiger partial charge in [0.25, 0.3) is 0 Å². The first-order valence-corrected chi connectivity index (χ1v) is 8.13. The molecule has 0 saturated carbocycles. The zero-order valence-electron chi connectivity index (χ0n) is 14.8. The van der Waals surface area contributed by atoms with Crippen molar-refractivity contribution < 1.29 is 9.90 Å². The van der Waals surface area contributed by atoms with Crippen molar-refractivity contribution in [3.63, 3.8) is 0 Å². The Labute approximate surface area is 139 Å². The summed E-state index contributed by atoms with van der Waals surface area (Å²) in [5.41, 5.74) is 1.82. The van der Waals surface area contributed by atoms with Gasteiger partial charge in [-0.05, 0) is 52.8 Å². The molecule has 1 aliphatic rings. The van der Waals surface area contributed by atoms with Gasteiger partial charge in [-0.1, -0.05) is 30.3 Å². The van der Waals surface area contributed by atoms with E-state index in [0.29, 0.717) is 6.54 Å². The van der Waals surface area contributed by atoms with Crippen LogP contribution in [0.15, 0.2) is 42.1 Å². The monoisotopic (exact) mass is 316 g/mol. The summed E-state index contributed by atoms with van der Waals surface area (Å²) in [6, 6.07) is 10.0. The van der Waals surface area contributed by atoms with E-state index in [1.165, 1.54) is 4.90 Å². The number of nitrogens with zero attached hydrogens (tertiary/aromatic N) is 2. The normalized spacial score (nSPS) is 20.0. The molecule has 1 aromatic rings. The Bertz CT molecular complexity index is 591. The highest BCUT2D eigenvalue weighted by atomic mass is 16.4. The summed E-state index contributed by atoms with van der Waals surface area (Å²) in [4.78, 5) is 15.6. The SMILES string of the molecule is CN1C(C)(C)C=C(N(CCc2ccccc2)C(=O)O)CC1(C)C. The van der Waals surface area contributed by atoms with E-state index in [9.17, 15) is 9.90 Å². The fraction of sp³-hybridized carbons (Fsp3) is 0.526. The van der Waals surface area contributed by atoms with E-state index < -0.39 is 6.09 Å². The zero-order chi connectivity index (χ0) is 17.3. The highest BCUT2D eigenvalue weighted by Crippen LogP contribution is 2.37. The Balaban J connectivity index is 2.22. The topological polar surface area (TPSA) is 43.8 Å². The predicted octanol–water partition coefficient (Wildman–Crippen LogP) is 3.99. The summed E-state index contributed by atoms with van der Waals surface area (Å²) < 4.78 is 0. The van der Waals surface area contributed by atoms with E-state index in [4.69, 9.17) is 0 Å². The molecular weight excluding hydrogens is 288 g/mol. The summed E-state index contributed by atoms with van der Waals surface area (Å²) in [5.74, 6) is 0. The van der Waals surface area contributed by atoms with Crippen LogP contribution in [0, 0.1) is 0 Å². The van der Waals surface area contributed by atoms with E-state index in [-0.39, 0.29) is 11.1 Å². The van der Waals surface area contributed by atoms with Crippen LogP contribution in [0.4, 0.5) is 4.79 Å². The van der Waals surface area contributed by atoms with E-state index in [0.717, 1.165) is 24.1 Å². The molecule has 0 aliphatic carbocycles. The smallest absolute Gasteiger partial charge is 0.411 e. The largest absolute Gasteiger partial charge is 0.465 e. The van der Waals surface area contributed by atoms with Crippen LogP contribution in [0.3, 0.4) is 0 Å². The van der Waals surface area contributed by atoms with Crippen molar-refractivity contribution in [1.82, 2.24) is 9.80 Å². The molecule has 0 aromatic heterocycles. The quantitative estimate of drug-likeness (QED) is 0.913. The van der Waals surface area contributed by atoms with Gasteiger partial charge in [-0.25, -0.2) is 4.79 Å². The van der Waals surface area contributed by atoms with Gasteiger partial charge in [0.1, 0.15) is 0 Å². The number of hydrogen-bond donors (Lipinski definition) is 1. The maximum atomic E-state index is 11.8. The first-order chi connectivity index (χ1) is 10.6. The molecule has 2 rings (SSSR count). The van der Waals surface area contributed by atoms with Crippen molar-refractivity contribution in [1.29, 1.82) is 0 Å². The van der Waals surface area contributed by atoms with E-state index >= 15 is 0 Å². The second-order valence-corrected chi connectivity index (χ2v) is 7.51. The van der Waals surface area contributed by atoms with Crippen LogP contribution in [-0.4, -0.2) is 45.7 Å². The highest BCUT2D eigenvalue weighted by molar-refractivity contribution is 5.67. The summed E-state index contributed by atoms with van der Waals surface area (Å²) >= 11 is 0. The molecule has 1 heterocycles. The average Bonchev–Trinajstić information content (AvgIpc) is 2.45. The standard InChI is InChI=1S/C19H28N2O2/c1-18(2)13-16(14-19(3,4)20(18)5)21(17(22)23)12-11-15-9-7-6-8-10-15/h6-10,13H,11-12,14H2,1-5H3,(H,22,23). The van der Waals surface area contributed by atoms with Crippen LogP contribution >= 0.6 is 0 Å². The Morgan fingerprint density at radius 1 is 1.22 bits per heavy atom. The number of hydrogen-bond acceptors (Lipinski definition) is 2. The minimum Gasteiger partial charge on any atom is -0.465 e. The second kappa shape index (κ2) is 6.36. The maximum absolute atomic E-state index is 11.8. The van der Waals surface area contributed by atoms with Gasteiger partial charge in [-0.15, -0.1) is 0 Å². The molecule has 23 heavy (non-hydrogen) atoms. The number of carboxylic acid groups (broad SMARTS) is 1. The van der Waals surface area contributed by atoms with E-state index in [1.54, 1.807) is 0 Å². The summed E-state index contributed by atoms with van der Waals surface area (Å²) in [7, 11) is 2.10. The fourth-order valence-corrected chi connectivity index (χ4v) is 3.32. The summed E-state index contributed by atoms with van der Waals surface area (Å²) in [6.45, 7) is 9.08. The first kappa shape index (κ1) is 17.5. The molecule has 0 bridgehead atoms. The van der Waals surface area contributed by atoms with Crippen molar-refractivity contribution in [2.45, 2.75) is 51.6 Å². The summed E-state index contributed by atoms with van der Waals surface area (Å²) in [6.07, 6.45) is 2.68. The van der Waals surface area contributed by atoms with Gasteiger partial charge in [0.05, 0.1) is 0 Å². The third-order valence-electron chi connectivity index (χ3n) is 4.95. The molecule has 0 saturated heterocycles. The van der Waals surface area contributed by atoms with Crippen LogP contribution < -0.4 is 0 Å². The van der Waals surface area contributed by atoms with Gasteiger partial charge in [0, 0.05) is 29.7 Å². The van der Waals surface area contributed by atoms with Crippen molar-refractivity contribution in [3.05, 3.63) is 47.7 Å². The van der Waals surface area contributed by atoms with Gasteiger partial charge in [0.15, 0.2) is 0 Å². The van der Waals surface area contributed by atoms with Crippen LogP contribution in [0.25, 0.3) is 0 Å². The summed E-state index contributed by atoms with van der Waals surface area (Å²) in [5, 5.41) is 9.68. The minimum absolute atomic E-state index is 0.0754. The molecule has 4 heteroatoms. The highest BCUT2D eigenvalue weighted by Gasteiger charge is 2.40. The molecule has 4 nitrogen and oxygen atoms in total. The van der Waals surface area contributed by atoms with Crippen molar-refractivity contribution in [2.75, 3.05) is 13.6 Å². The average molecular weight is 316 g/mol. The molecule has 1 aliphatic heterocycles. The number of benzene rings is 1. The Morgan fingerprint density at radius 2 is 1.83 bits per heavy atom. The van der Waals surface area contributed by atoms with E-state index in [1.807, 2.05) is 30.3 Å². The van der Waals surface area contributed by atoms with Gasteiger partial charge >= 0.3 is 6.09 Å². The lowest BCUT2D eigenvalue weighted by Crippen LogP contribution is -2.56. The van der Waals surface area contributed by atoms with Gasteiger partial charge in [-0.3, -0.25) is 9.80 Å². The number of amides is 1. The van der Waals surface area contributed by atoms with Crippen molar-refractivity contribution >= 4 is 6.09 Å². The molecule has 0 atom stereocenters.